The minimum absolute atomic E-state index is 0.824. The van der Waals surface area contributed by atoms with Crippen molar-refractivity contribution in [3.05, 3.63) is 29.8 Å². The maximum atomic E-state index is 6.04. The average Bonchev–Trinajstić information content (AvgIpc) is 2.44. The highest BCUT2D eigenvalue weighted by atomic mass is 15.1. The number of rotatable bonds is 9. The molecule has 2 N–H and O–H groups in total. The van der Waals surface area contributed by atoms with Crippen molar-refractivity contribution in [1.82, 2.24) is 4.90 Å². The second kappa shape index (κ2) is 8.98. The van der Waals surface area contributed by atoms with Gasteiger partial charge in [-0.2, -0.15) is 0 Å². The van der Waals surface area contributed by atoms with Crippen LogP contribution in [0.25, 0.3) is 0 Å². The van der Waals surface area contributed by atoms with E-state index >= 15 is 0 Å². The Hall–Kier alpha value is -1.02. The number of para-hydroxylation sites is 1. The van der Waals surface area contributed by atoms with Crippen molar-refractivity contribution < 1.29 is 0 Å². The monoisotopic (exact) mass is 262 g/mol. The first kappa shape index (κ1) is 16.0. The molecule has 1 aromatic rings. The molecule has 108 valence electrons. The Bertz CT molecular complexity index is 349. The standard InChI is InChI=1S/C17H30N2/c1-4-7-10-15(5-2)13-19(6-3)14-16-11-8-9-12-17(16)18/h8-9,11-12,15H,4-7,10,13-14,18H2,1-3H3. The Kier molecular flexibility index (Phi) is 7.57. The topological polar surface area (TPSA) is 29.3 Å². The third-order valence-corrected chi connectivity index (χ3v) is 3.96. The number of unbranched alkanes of at least 4 members (excludes halogenated alkanes) is 1. The summed E-state index contributed by atoms with van der Waals surface area (Å²) in [5.74, 6) is 0.824. The molecule has 0 aliphatic rings. The number of anilines is 1. The van der Waals surface area contributed by atoms with E-state index in [9.17, 15) is 0 Å². The molecule has 0 spiro atoms. The molecule has 0 saturated heterocycles. The highest BCUT2D eigenvalue weighted by Gasteiger charge is 2.12. The van der Waals surface area contributed by atoms with Gasteiger partial charge in [0.15, 0.2) is 0 Å². The number of benzene rings is 1. The van der Waals surface area contributed by atoms with Crippen LogP contribution in [-0.2, 0) is 6.54 Å². The lowest BCUT2D eigenvalue weighted by molar-refractivity contribution is 0.221. The maximum absolute atomic E-state index is 6.04. The molecule has 0 bridgehead atoms. The molecule has 0 heterocycles. The fourth-order valence-electron chi connectivity index (χ4n) is 2.51. The van der Waals surface area contributed by atoms with Crippen LogP contribution in [0.2, 0.25) is 0 Å². The molecule has 1 rings (SSSR count). The molecule has 0 aliphatic carbocycles. The summed E-state index contributed by atoms with van der Waals surface area (Å²) in [5.41, 5.74) is 8.22. The molecule has 1 aromatic carbocycles. The number of nitrogen functional groups attached to an aromatic ring is 1. The zero-order valence-electron chi connectivity index (χ0n) is 12.9. The van der Waals surface area contributed by atoms with Crippen LogP contribution in [-0.4, -0.2) is 18.0 Å². The quantitative estimate of drug-likeness (QED) is 0.672. The van der Waals surface area contributed by atoms with E-state index in [4.69, 9.17) is 5.73 Å². The highest BCUT2D eigenvalue weighted by molar-refractivity contribution is 5.46. The van der Waals surface area contributed by atoms with Gasteiger partial charge in [0.25, 0.3) is 0 Å². The predicted octanol–water partition coefficient (Wildman–Crippen LogP) is 4.31. The molecule has 0 aliphatic heterocycles. The molecule has 0 aromatic heterocycles. The number of nitrogens with two attached hydrogens (primary N) is 1. The summed E-state index contributed by atoms with van der Waals surface area (Å²) >= 11 is 0. The first-order valence-electron chi connectivity index (χ1n) is 7.76. The summed E-state index contributed by atoms with van der Waals surface area (Å²) in [6.07, 6.45) is 5.28. The SMILES string of the molecule is CCCCC(CC)CN(CC)Cc1ccccc1N. The molecule has 2 nitrogen and oxygen atoms in total. The van der Waals surface area contributed by atoms with Gasteiger partial charge in [-0.05, 0) is 30.5 Å². The van der Waals surface area contributed by atoms with Gasteiger partial charge < -0.3 is 5.73 Å². The summed E-state index contributed by atoms with van der Waals surface area (Å²) in [5, 5.41) is 0. The fraction of sp³-hybridized carbons (Fsp3) is 0.647. The zero-order valence-corrected chi connectivity index (χ0v) is 12.9. The minimum Gasteiger partial charge on any atom is -0.398 e. The molecule has 1 unspecified atom stereocenters. The zero-order chi connectivity index (χ0) is 14.1. The molecule has 0 amide bonds. The normalized spacial score (nSPS) is 12.8. The molecular weight excluding hydrogens is 232 g/mol. The lowest BCUT2D eigenvalue weighted by atomic mass is 9.98. The van der Waals surface area contributed by atoms with Crippen molar-refractivity contribution in [2.75, 3.05) is 18.8 Å². The highest BCUT2D eigenvalue weighted by Crippen LogP contribution is 2.18. The first-order chi connectivity index (χ1) is 9.21. The van der Waals surface area contributed by atoms with E-state index in [0.29, 0.717) is 0 Å². The lowest BCUT2D eigenvalue weighted by Gasteiger charge is -2.26. The van der Waals surface area contributed by atoms with Crippen LogP contribution >= 0.6 is 0 Å². The van der Waals surface area contributed by atoms with Gasteiger partial charge in [-0.3, -0.25) is 4.90 Å². The molecule has 1 atom stereocenters. The van der Waals surface area contributed by atoms with E-state index < -0.39 is 0 Å². The van der Waals surface area contributed by atoms with Gasteiger partial charge in [-0.15, -0.1) is 0 Å². The molecular formula is C17H30N2. The number of nitrogens with zero attached hydrogens (tertiary/aromatic N) is 1. The van der Waals surface area contributed by atoms with Crippen LogP contribution in [0.3, 0.4) is 0 Å². The van der Waals surface area contributed by atoms with Crippen LogP contribution in [0.15, 0.2) is 24.3 Å². The summed E-state index contributed by atoms with van der Waals surface area (Å²) < 4.78 is 0. The van der Waals surface area contributed by atoms with E-state index in [1.807, 2.05) is 12.1 Å². The van der Waals surface area contributed by atoms with E-state index in [-0.39, 0.29) is 0 Å². The number of hydrogen-bond donors (Lipinski definition) is 1. The third kappa shape index (κ3) is 5.65. The van der Waals surface area contributed by atoms with Crippen molar-refractivity contribution in [3.8, 4) is 0 Å². The molecule has 19 heavy (non-hydrogen) atoms. The smallest absolute Gasteiger partial charge is 0.0359 e. The van der Waals surface area contributed by atoms with E-state index in [1.54, 1.807) is 0 Å². The van der Waals surface area contributed by atoms with Crippen LogP contribution in [0.4, 0.5) is 5.69 Å². The average molecular weight is 262 g/mol. The van der Waals surface area contributed by atoms with Gasteiger partial charge >= 0.3 is 0 Å². The summed E-state index contributed by atoms with van der Waals surface area (Å²) in [7, 11) is 0. The first-order valence-corrected chi connectivity index (χ1v) is 7.76. The Morgan fingerprint density at radius 3 is 2.47 bits per heavy atom. The van der Waals surface area contributed by atoms with Crippen LogP contribution in [0.5, 0.6) is 0 Å². The van der Waals surface area contributed by atoms with Crippen LogP contribution in [0.1, 0.15) is 52.0 Å². The van der Waals surface area contributed by atoms with Crippen LogP contribution < -0.4 is 5.73 Å². The fourth-order valence-corrected chi connectivity index (χ4v) is 2.51. The van der Waals surface area contributed by atoms with E-state index in [0.717, 1.165) is 24.7 Å². The van der Waals surface area contributed by atoms with E-state index in [2.05, 4.69) is 37.8 Å². The lowest BCUT2D eigenvalue weighted by Crippen LogP contribution is -2.29. The van der Waals surface area contributed by atoms with Gasteiger partial charge in [-0.25, -0.2) is 0 Å². The number of hydrogen-bond acceptors (Lipinski definition) is 2. The van der Waals surface area contributed by atoms with Crippen molar-refractivity contribution in [2.24, 2.45) is 5.92 Å². The predicted molar refractivity (Wildman–Crippen MR) is 85.1 cm³/mol. The van der Waals surface area contributed by atoms with Gasteiger partial charge in [0.05, 0.1) is 0 Å². The Morgan fingerprint density at radius 1 is 1.16 bits per heavy atom. The molecule has 0 saturated carbocycles. The van der Waals surface area contributed by atoms with Gasteiger partial charge in [0.2, 0.25) is 0 Å². The van der Waals surface area contributed by atoms with Gasteiger partial charge in [0.1, 0.15) is 0 Å². The van der Waals surface area contributed by atoms with Crippen molar-refractivity contribution in [1.29, 1.82) is 0 Å². The summed E-state index contributed by atoms with van der Waals surface area (Å²) in [6, 6.07) is 8.22. The van der Waals surface area contributed by atoms with Gasteiger partial charge in [-0.1, -0.05) is 58.2 Å². The largest absolute Gasteiger partial charge is 0.398 e. The molecule has 0 fully saturated rings. The minimum atomic E-state index is 0.824. The van der Waals surface area contributed by atoms with Crippen LogP contribution in [0, 0.1) is 5.92 Å². The second-order valence-electron chi connectivity index (χ2n) is 5.44. The summed E-state index contributed by atoms with van der Waals surface area (Å²) in [6.45, 7) is 10.1. The van der Waals surface area contributed by atoms with Crippen molar-refractivity contribution in [3.63, 3.8) is 0 Å². The summed E-state index contributed by atoms with van der Waals surface area (Å²) in [4.78, 5) is 2.52. The van der Waals surface area contributed by atoms with Crippen molar-refractivity contribution >= 4 is 5.69 Å². The molecule has 2 heteroatoms. The Labute approximate surface area is 119 Å². The third-order valence-electron chi connectivity index (χ3n) is 3.96. The second-order valence-corrected chi connectivity index (χ2v) is 5.44. The van der Waals surface area contributed by atoms with Crippen molar-refractivity contribution in [2.45, 2.75) is 53.0 Å². The molecule has 0 radical (unpaired) electrons. The Morgan fingerprint density at radius 2 is 1.89 bits per heavy atom. The van der Waals surface area contributed by atoms with Gasteiger partial charge in [0, 0.05) is 18.8 Å². The Balaban J connectivity index is 2.55. The maximum Gasteiger partial charge on any atom is 0.0359 e. The van der Waals surface area contributed by atoms with E-state index in [1.165, 1.54) is 37.8 Å².